The van der Waals surface area contributed by atoms with Gasteiger partial charge in [0.15, 0.2) is 0 Å². The summed E-state index contributed by atoms with van der Waals surface area (Å²) in [5.41, 5.74) is 0.00232. The number of carbonyl (C=O) groups is 2. The van der Waals surface area contributed by atoms with Gasteiger partial charge in [0.1, 0.15) is 17.2 Å². The fourth-order valence-corrected chi connectivity index (χ4v) is 4.01. The minimum Gasteiger partial charge on any atom is -0.328 e. The van der Waals surface area contributed by atoms with Gasteiger partial charge in [-0.25, -0.2) is 4.98 Å². The highest BCUT2D eigenvalue weighted by atomic mass is 16.6. The van der Waals surface area contributed by atoms with Gasteiger partial charge in [-0.2, -0.15) is 0 Å². The van der Waals surface area contributed by atoms with Crippen molar-refractivity contribution in [2.75, 3.05) is 0 Å². The van der Waals surface area contributed by atoms with Gasteiger partial charge in [-0.1, -0.05) is 24.3 Å². The summed E-state index contributed by atoms with van der Waals surface area (Å²) < 4.78 is 1.56. The number of ketones is 2. The minimum absolute atomic E-state index is 0.109. The number of hydrogen-bond donors (Lipinski definition) is 0. The van der Waals surface area contributed by atoms with Crippen LogP contribution in [-0.2, 0) is 13.5 Å². The third-order valence-electron chi connectivity index (χ3n) is 5.44. The van der Waals surface area contributed by atoms with Crippen LogP contribution in [0.25, 0.3) is 0 Å². The average Bonchev–Trinajstić information content (AvgIpc) is 3.20. The molecule has 0 atom stereocenters. The number of fused-ring (bicyclic) bond motifs is 2. The Morgan fingerprint density at radius 2 is 1.76 bits per heavy atom. The Morgan fingerprint density at radius 1 is 1.16 bits per heavy atom. The van der Waals surface area contributed by atoms with E-state index in [1.165, 1.54) is 0 Å². The van der Waals surface area contributed by atoms with Crippen molar-refractivity contribution >= 4 is 11.6 Å². The minimum atomic E-state index is -1.04. The molecule has 0 N–H and O–H groups in total. The maximum atomic E-state index is 12.8. The van der Waals surface area contributed by atoms with Crippen molar-refractivity contribution in [1.82, 2.24) is 9.55 Å². The fraction of sp³-hybridized carbons (Fsp3) is 0.389. The van der Waals surface area contributed by atoms with Crippen molar-refractivity contribution in [3.05, 3.63) is 62.7 Å². The molecular weight excluding hydrogens is 322 g/mol. The number of aromatic nitrogens is 2. The Labute approximate surface area is 143 Å². The topological polar surface area (TPSA) is 95.1 Å². The van der Waals surface area contributed by atoms with Crippen LogP contribution in [0.4, 0.5) is 0 Å². The Balaban J connectivity index is 1.81. The summed E-state index contributed by atoms with van der Waals surface area (Å²) in [6, 6.07) is 6.66. The molecule has 2 aromatic rings. The van der Waals surface area contributed by atoms with E-state index in [1.54, 1.807) is 35.9 Å². The van der Waals surface area contributed by atoms with Crippen LogP contribution in [0.3, 0.4) is 0 Å². The molecule has 0 unspecified atom stereocenters. The van der Waals surface area contributed by atoms with Crippen molar-refractivity contribution in [2.24, 2.45) is 7.05 Å². The molecule has 4 rings (SSSR count). The first-order chi connectivity index (χ1) is 11.9. The van der Waals surface area contributed by atoms with Crippen molar-refractivity contribution in [3.8, 4) is 0 Å². The second kappa shape index (κ2) is 5.34. The Kier molecular flexibility index (Phi) is 3.35. The smallest absolute Gasteiger partial charge is 0.229 e. The summed E-state index contributed by atoms with van der Waals surface area (Å²) in [7, 11) is 1.66. The molecule has 0 saturated heterocycles. The number of nitrogens with zero attached hydrogens (tertiary/aromatic N) is 3. The van der Waals surface area contributed by atoms with E-state index in [0.717, 1.165) is 12.8 Å². The highest BCUT2D eigenvalue weighted by Crippen LogP contribution is 2.36. The van der Waals surface area contributed by atoms with E-state index in [-0.39, 0.29) is 34.3 Å². The van der Waals surface area contributed by atoms with Crippen molar-refractivity contribution in [2.45, 2.75) is 37.6 Å². The predicted octanol–water partition coefficient (Wildman–Crippen LogP) is 2.33. The molecule has 25 heavy (non-hydrogen) atoms. The van der Waals surface area contributed by atoms with Gasteiger partial charge in [0.05, 0.1) is 6.42 Å². The molecule has 1 saturated carbocycles. The van der Waals surface area contributed by atoms with Crippen molar-refractivity contribution in [3.63, 3.8) is 0 Å². The zero-order chi connectivity index (χ0) is 17.8. The number of benzene rings is 1. The van der Waals surface area contributed by atoms with Crippen molar-refractivity contribution < 1.29 is 14.5 Å². The van der Waals surface area contributed by atoms with Crippen LogP contribution in [0.5, 0.6) is 0 Å². The van der Waals surface area contributed by atoms with Crippen LogP contribution in [0.15, 0.2) is 24.3 Å². The lowest BCUT2D eigenvalue weighted by Gasteiger charge is -2.19. The molecular formula is C18H17N3O4. The van der Waals surface area contributed by atoms with Gasteiger partial charge in [-0.15, -0.1) is 0 Å². The van der Waals surface area contributed by atoms with Crippen LogP contribution < -0.4 is 0 Å². The molecule has 0 bridgehead atoms. The lowest BCUT2D eigenvalue weighted by atomic mass is 9.90. The first-order valence-electron chi connectivity index (χ1n) is 8.33. The van der Waals surface area contributed by atoms with Gasteiger partial charge < -0.3 is 4.57 Å². The zero-order valence-corrected chi connectivity index (χ0v) is 13.8. The fourth-order valence-electron chi connectivity index (χ4n) is 4.01. The van der Waals surface area contributed by atoms with Gasteiger partial charge in [0.25, 0.3) is 0 Å². The third kappa shape index (κ3) is 2.15. The Morgan fingerprint density at radius 3 is 2.36 bits per heavy atom. The number of hydrogen-bond acceptors (Lipinski definition) is 5. The normalized spacial score (nSPS) is 18.1. The number of carbonyl (C=O) groups excluding carboxylic acids is 2. The molecule has 7 nitrogen and oxygen atoms in total. The standard InChI is InChI=1S/C18H17N3O4/c1-20-13(10-18(21(24)25)8-4-5-9-18)19-14-15(20)17(23)12-7-3-2-6-11(12)16(14)22/h2-3,6-7H,4-5,8-10H2,1H3. The molecule has 2 aliphatic carbocycles. The molecule has 0 radical (unpaired) electrons. The molecule has 128 valence electrons. The van der Waals surface area contributed by atoms with Gasteiger partial charge in [0, 0.05) is 35.9 Å². The van der Waals surface area contributed by atoms with E-state index in [0.29, 0.717) is 29.8 Å². The van der Waals surface area contributed by atoms with E-state index in [2.05, 4.69) is 4.98 Å². The van der Waals surface area contributed by atoms with E-state index < -0.39 is 5.54 Å². The maximum Gasteiger partial charge on any atom is 0.229 e. The predicted molar refractivity (Wildman–Crippen MR) is 88.4 cm³/mol. The van der Waals surface area contributed by atoms with E-state index in [1.807, 2.05) is 0 Å². The van der Waals surface area contributed by atoms with Gasteiger partial charge in [0.2, 0.25) is 17.1 Å². The summed E-state index contributed by atoms with van der Waals surface area (Å²) in [6.07, 6.45) is 2.77. The van der Waals surface area contributed by atoms with Crippen molar-refractivity contribution in [1.29, 1.82) is 0 Å². The molecule has 1 aromatic carbocycles. The van der Waals surface area contributed by atoms with Gasteiger partial charge in [-0.05, 0) is 12.8 Å². The van der Waals surface area contributed by atoms with E-state index in [4.69, 9.17) is 0 Å². The number of rotatable bonds is 3. The van der Waals surface area contributed by atoms with Crippen LogP contribution in [0, 0.1) is 10.1 Å². The summed E-state index contributed by atoms with van der Waals surface area (Å²) in [5, 5.41) is 11.6. The number of nitro groups is 1. The molecule has 1 fully saturated rings. The molecule has 0 spiro atoms. The zero-order valence-electron chi connectivity index (χ0n) is 13.8. The number of imidazole rings is 1. The average molecular weight is 339 g/mol. The third-order valence-corrected chi connectivity index (χ3v) is 5.44. The highest BCUT2D eigenvalue weighted by molar-refractivity contribution is 6.27. The SMILES string of the molecule is Cn1c(CC2([N+](=O)[O-])CCCC2)nc2c1C(=O)c1ccccc1C2=O. The lowest BCUT2D eigenvalue weighted by Crippen LogP contribution is -2.38. The van der Waals surface area contributed by atoms with Crippen LogP contribution >= 0.6 is 0 Å². The summed E-state index contributed by atoms with van der Waals surface area (Å²) in [6.45, 7) is 0. The summed E-state index contributed by atoms with van der Waals surface area (Å²) in [5.74, 6) is -0.125. The molecule has 1 aromatic heterocycles. The van der Waals surface area contributed by atoms with E-state index in [9.17, 15) is 19.7 Å². The molecule has 1 heterocycles. The van der Waals surface area contributed by atoms with Gasteiger partial charge in [-0.3, -0.25) is 19.7 Å². The molecule has 7 heteroatoms. The molecule has 2 aliphatic rings. The van der Waals surface area contributed by atoms with Crippen LogP contribution in [0.1, 0.15) is 63.6 Å². The second-order valence-corrected chi connectivity index (χ2v) is 6.85. The lowest BCUT2D eigenvalue weighted by molar-refractivity contribution is -0.568. The second-order valence-electron chi connectivity index (χ2n) is 6.85. The summed E-state index contributed by atoms with van der Waals surface area (Å²) >= 11 is 0. The monoisotopic (exact) mass is 339 g/mol. The maximum absolute atomic E-state index is 12.8. The summed E-state index contributed by atoms with van der Waals surface area (Å²) in [4.78, 5) is 41.3. The van der Waals surface area contributed by atoms with E-state index >= 15 is 0 Å². The van der Waals surface area contributed by atoms with Crippen LogP contribution in [-0.4, -0.2) is 31.6 Å². The largest absolute Gasteiger partial charge is 0.328 e. The molecule has 0 amide bonds. The van der Waals surface area contributed by atoms with Gasteiger partial charge >= 0.3 is 0 Å². The Hall–Kier alpha value is -2.83. The molecule has 0 aliphatic heterocycles. The quantitative estimate of drug-likeness (QED) is 0.539. The Bertz CT molecular complexity index is 922. The highest BCUT2D eigenvalue weighted by Gasteiger charge is 2.47. The van der Waals surface area contributed by atoms with Crippen LogP contribution in [0.2, 0.25) is 0 Å². The first kappa shape index (κ1) is 15.7. The first-order valence-corrected chi connectivity index (χ1v) is 8.33.